The van der Waals surface area contributed by atoms with Gasteiger partial charge in [-0.25, -0.2) is 0 Å². The van der Waals surface area contributed by atoms with Crippen molar-refractivity contribution in [3.8, 4) is 11.8 Å². The molecule has 3 nitrogen and oxygen atoms in total. The number of ether oxygens (including phenoxy) is 1. The van der Waals surface area contributed by atoms with E-state index in [4.69, 9.17) is 9.16 Å². The maximum Gasteiger partial charge on any atom is 0.186 e. The summed E-state index contributed by atoms with van der Waals surface area (Å²) in [6, 6.07) is 9.76. The van der Waals surface area contributed by atoms with Gasteiger partial charge in [-0.15, -0.1) is 0 Å². The Kier molecular flexibility index (Phi) is 4.94. The first-order valence-electron chi connectivity index (χ1n) is 6.16. The highest BCUT2D eigenvalue weighted by Gasteiger charge is 2.22. The molecule has 0 aliphatic heterocycles. The summed E-state index contributed by atoms with van der Waals surface area (Å²) in [5, 5.41) is 9.17. The molecule has 0 heterocycles. The van der Waals surface area contributed by atoms with Gasteiger partial charge in [0.1, 0.15) is 5.75 Å². The van der Waals surface area contributed by atoms with Gasteiger partial charge in [-0.3, -0.25) is 0 Å². The molecule has 4 heteroatoms. The number of hydrogen-bond donors (Lipinski definition) is 0. The second-order valence-electron chi connectivity index (χ2n) is 5.48. The third-order valence-corrected chi connectivity index (χ3v) is 3.09. The standard InChI is InChI=1S/C14H21NO2Si/c1-11(2)16-13-8-6-12(7-9-13)14(10-15)17-18(3,4)5/h6-9,11,14H,1-5H3. The van der Waals surface area contributed by atoms with Crippen molar-refractivity contribution in [1.29, 1.82) is 5.26 Å². The second kappa shape index (κ2) is 6.03. The largest absolute Gasteiger partial charge is 0.491 e. The fourth-order valence-electron chi connectivity index (χ4n) is 1.52. The van der Waals surface area contributed by atoms with Crippen LogP contribution in [0.5, 0.6) is 5.75 Å². The van der Waals surface area contributed by atoms with E-state index in [1.165, 1.54) is 0 Å². The lowest BCUT2D eigenvalue weighted by atomic mass is 10.1. The predicted molar refractivity (Wildman–Crippen MR) is 75.0 cm³/mol. The second-order valence-corrected chi connectivity index (χ2v) is 9.94. The Balaban J connectivity index is 2.80. The zero-order valence-corrected chi connectivity index (χ0v) is 12.7. The van der Waals surface area contributed by atoms with Crippen molar-refractivity contribution < 1.29 is 9.16 Å². The van der Waals surface area contributed by atoms with E-state index in [-0.39, 0.29) is 6.10 Å². The van der Waals surface area contributed by atoms with Crippen LogP contribution in [0.1, 0.15) is 25.5 Å². The third kappa shape index (κ3) is 4.90. The molecule has 1 atom stereocenters. The van der Waals surface area contributed by atoms with E-state index in [0.29, 0.717) is 0 Å². The van der Waals surface area contributed by atoms with Crippen molar-refractivity contribution in [2.75, 3.05) is 0 Å². The molecule has 1 aromatic rings. The van der Waals surface area contributed by atoms with Crippen LogP contribution in [-0.2, 0) is 4.43 Å². The van der Waals surface area contributed by atoms with E-state index >= 15 is 0 Å². The summed E-state index contributed by atoms with van der Waals surface area (Å²) < 4.78 is 11.4. The Morgan fingerprint density at radius 2 is 1.67 bits per heavy atom. The Morgan fingerprint density at radius 3 is 2.06 bits per heavy atom. The van der Waals surface area contributed by atoms with Crippen LogP contribution in [0.2, 0.25) is 19.6 Å². The first-order valence-corrected chi connectivity index (χ1v) is 9.56. The van der Waals surface area contributed by atoms with Gasteiger partial charge in [0.15, 0.2) is 14.4 Å². The number of hydrogen-bond acceptors (Lipinski definition) is 3. The van der Waals surface area contributed by atoms with E-state index in [1.807, 2.05) is 38.1 Å². The maximum atomic E-state index is 9.17. The Hall–Kier alpha value is -1.31. The van der Waals surface area contributed by atoms with Crippen molar-refractivity contribution >= 4 is 8.32 Å². The van der Waals surface area contributed by atoms with Gasteiger partial charge in [0.05, 0.1) is 12.2 Å². The molecular formula is C14H21NO2Si. The molecule has 0 radical (unpaired) electrons. The monoisotopic (exact) mass is 263 g/mol. The summed E-state index contributed by atoms with van der Waals surface area (Å²) in [6.45, 7) is 10.2. The van der Waals surface area contributed by atoms with Crippen molar-refractivity contribution in [3.05, 3.63) is 29.8 Å². The molecule has 98 valence electrons. The summed E-state index contributed by atoms with van der Waals surface area (Å²) in [6.07, 6.45) is -0.328. The molecule has 1 aromatic carbocycles. The minimum Gasteiger partial charge on any atom is -0.491 e. The van der Waals surface area contributed by atoms with Gasteiger partial charge in [-0.2, -0.15) is 5.26 Å². The maximum absolute atomic E-state index is 9.17. The van der Waals surface area contributed by atoms with E-state index in [1.54, 1.807) is 0 Å². The first kappa shape index (κ1) is 14.7. The number of rotatable bonds is 5. The summed E-state index contributed by atoms with van der Waals surface area (Å²) in [7, 11) is -1.72. The Bertz CT molecular complexity index is 415. The molecule has 0 saturated heterocycles. The Morgan fingerprint density at radius 1 is 1.11 bits per heavy atom. The lowest BCUT2D eigenvalue weighted by molar-refractivity contribution is 0.241. The third-order valence-electron chi connectivity index (χ3n) is 2.14. The highest BCUT2D eigenvalue weighted by Crippen LogP contribution is 2.24. The molecule has 1 unspecified atom stereocenters. The van der Waals surface area contributed by atoms with E-state index < -0.39 is 14.4 Å². The van der Waals surface area contributed by atoms with Crippen LogP contribution in [0.25, 0.3) is 0 Å². The first-order chi connectivity index (χ1) is 8.31. The fourth-order valence-corrected chi connectivity index (χ4v) is 2.41. The topological polar surface area (TPSA) is 42.2 Å². The smallest absolute Gasteiger partial charge is 0.186 e. The molecule has 0 fully saturated rings. The fraction of sp³-hybridized carbons (Fsp3) is 0.500. The molecule has 0 N–H and O–H groups in total. The summed E-state index contributed by atoms with van der Waals surface area (Å²) in [5.74, 6) is 0.818. The molecule has 0 aliphatic carbocycles. The molecule has 0 bridgehead atoms. The molecule has 0 spiro atoms. The number of benzene rings is 1. The Labute approximate surface area is 110 Å². The zero-order chi connectivity index (χ0) is 13.8. The molecule has 0 amide bonds. The minimum absolute atomic E-state index is 0.154. The average molecular weight is 263 g/mol. The molecule has 1 rings (SSSR count). The van der Waals surface area contributed by atoms with Crippen molar-refractivity contribution in [2.45, 2.75) is 45.7 Å². The lowest BCUT2D eigenvalue weighted by Gasteiger charge is -2.22. The van der Waals surface area contributed by atoms with Crippen molar-refractivity contribution in [3.63, 3.8) is 0 Å². The van der Waals surface area contributed by atoms with Crippen molar-refractivity contribution in [2.24, 2.45) is 0 Å². The van der Waals surface area contributed by atoms with Gasteiger partial charge in [-0.1, -0.05) is 12.1 Å². The van der Waals surface area contributed by atoms with Gasteiger partial charge in [-0.05, 0) is 51.2 Å². The van der Waals surface area contributed by atoms with Crippen LogP contribution in [-0.4, -0.2) is 14.4 Å². The number of nitrogens with zero attached hydrogens (tertiary/aromatic N) is 1. The summed E-state index contributed by atoms with van der Waals surface area (Å²) in [5.41, 5.74) is 0.885. The predicted octanol–water partition coefficient (Wildman–Crippen LogP) is 3.89. The van der Waals surface area contributed by atoms with E-state index in [0.717, 1.165) is 11.3 Å². The number of nitriles is 1. The van der Waals surface area contributed by atoms with Gasteiger partial charge in [0, 0.05) is 0 Å². The van der Waals surface area contributed by atoms with Gasteiger partial charge in [0.25, 0.3) is 0 Å². The van der Waals surface area contributed by atoms with E-state index in [2.05, 4.69) is 25.7 Å². The van der Waals surface area contributed by atoms with Gasteiger partial charge in [0.2, 0.25) is 0 Å². The van der Waals surface area contributed by atoms with Crippen LogP contribution in [0.3, 0.4) is 0 Å². The highest BCUT2D eigenvalue weighted by molar-refractivity contribution is 6.69. The van der Waals surface area contributed by atoms with Crippen LogP contribution in [0.15, 0.2) is 24.3 Å². The highest BCUT2D eigenvalue weighted by atomic mass is 28.4. The van der Waals surface area contributed by atoms with Gasteiger partial charge >= 0.3 is 0 Å². The molecule has 18 heavy (non-hydrogen) atoms. The van der Waals surface area contributed by atoms with Crippen LogP contribution in [0.4, 0.5) is 0 Å². The molecule has 0 saturated carbocycles. The quantitative estimate of drug-likeness (QED) is 0.757. The average Bonchev–Trinajstić information content (AvgIpc) is 2.25. The van der Waals surface area contributed by atoms with Crippen LogP contribution >= 0.6 is 0 Å². The normalized spacial score (nSPS) is 13.2. The molecular weight excluding hydrogens is 242 g/mol. The minimum atomic E-state index is -1.72. The SMILES string of the molecule is CC(C)Oc1ccc(C(C#N)O[Si](C)(C)C)cc1. The summed E-state index contributed by atoms with van der Waals surface area (Å²) in [4.78, 5) is 0. The van der Waals surface area contributed by atoms with E-state index in [9.17, 15) is 5.26 Å². The van der Waals surface area contributed by atoms with Crippen molar-refractivity contribution in [1.82, 2.24) is 0 Å². The molecule has 0 aromatic heterocycles. The van der Waals surface area contributed by atoms with Crippen LogP contribution < -0.4 is 4.74 Å². The van der Waals surface area contributed by atoms with Crippen LogP contribution in [0, 0.1) is 11.3 Å². The van der Waals surface area contributed by atoms with Gasteiger partial charge < -0.3 is 9.16 Å². The molecule has 0 aliphatic rings. The lowest BCUT2D eigenvalue weighted by Crippen LogP contribution is -2.27. The zero-order valence-electron chi connectivity index (χ0n) is 11.7. The summed E-state index contributed by atoms with van der Waals surface area (Å²) >= 11 is 0.